The molecule has 0 unspecified atom stereocenters. The van der Waals surface area contributed by atoms with Gasteiger partial charge in [0.05, 0.1) is 13.2 Å². The summed E-state index contributed by atoms with van der Waals surface area (Å²) in [6.07, 6.45) is 1.52. The number of benzene rings is 2. The molecule has 0 amide bonds. The van der Waals surface area contributed by atoms with E-state index in [0.29, 0.717) is 11.5 Å². The SMILES string of the molecule is COc1ccc([C@@H]2C(C)=C3C[C@@H](O)c4ccccc4[C@@]3(C)C[C@@H]2[Si](C)(C)C)cc1. The number of fused-ring (bicyclic) bond motifs is 3. The highest BCUT2D eigenvalue weighted by Crippen LogP contribution is 2.60. The average molecular weight is 407 g/mol. The molecule has 0 bridgehead atoms. The molecule has 3 heteroatoms. The zero-order valence-electron chi connectivity index (χ0n) is 18.6. The van der Waals surface area contributed by atoms with Crippen LogP contribution in [-0.4, -0.2) is 20.3 Å². The van der Waals surface area contributed by atoms with Crippen LogP contribution in [0.5, 0.6) is 5.75 Å². The van der Waals surface area contributed by atoms with E-state index in [4.69, 9.17) is 4.74 Å². The molecular formula is C26H34O2Si. The Kier molecular flexibility index (Phi) is 5.03. The Morgan fingerprint density at radius 2 is 1.69 bits per heavy atom. The number of hydrogen-bond acceptors (Lipinski definition) is 2. The summed E-state index contributed by atoms with van der Waals surface area (Å²) in [5, 5.41) is 10.9. The van der Waals surface area contributed by atoms with Gasteiger partial charge >= 0.3 is 0 Å². The first-order valence-electron chi connectivity index (χ1n) is 10.8. The fourth-order valence-electron chi connectivity index (χ4n) is 5.96. The number of ether oxygens (including phenoxy) is 1. The molecule has 4 atom stereocenters. The first kappa shape index (κ1) is 20.4. The topological polar surface area (TPSA) is 29.5 Å². The van der Waals surface area contributed by atoms with E-state index in [1.165, 1.54) is 22.3 Å². The Balaban J connectivity index is 1.91. The molecule has 0 radical (unpaired) electrons. The van der Waals surface area contributed by atoms with Crippen LogP contribution in [0.1, 0.15) is 55.4 Å². The number of rotatable bonds is 3. The second kappa shape index (κ2) is 7.14. The molecule has 4 rings (SSSR count). The first-order valence-corrected chi connectivity index (χ1v) is 14.4. The lowest BCUT2D eigenvalue weighted by Gasteiger charge is -2.52. The second-order valence-electron chi connectivity index (χ2n) is 10.2. The van der Waals surface area contributed by atoms with Gasteiger partial charge in [-0.15, -0.1) is 0 Å². The third-order valence-corrected chi connectivity index (χ3v) is 10.3. The van der Waals surface area contributed by atoms with E-state index in [1.54, 1.807) is 7.11 Å². The molecule has 0 spiro atoms. The molecule has 0 saturated heterocycles. The predicted molar refractivity (Wildman–Crippen MR) is 124 cm³/mol. The first-order chi connectivity index (χ1) is 13.7. The Morgan fingerprint density at radius 1 is 1.03 bits per heavy atom. The molecule has 2 aliphatic rings. The molecule has 2 nitrogen and oxygen atoms in total. The van der Waals surface area contributed by atoms with Gasteiger partial charge in [-0.3, -0.25) is 0 Å². The molecule has 0 aromatic heterocycles. The van der Waals surface area contributed by atoms with Crippen LogP contribution in [0.4, 0.5) is 0 Å². The summed E-state index contributed by atoms with van der Waals surface area (Å²) in [6, 6.07) is 17.2. The van der Waals surface area contributed by atoms with Gasteiger partial charge in [0.2, 0.25) is 0 Å². The molecule has 0 heterocycles. The van der Waals surface area contributed by atoms with Crippen molar-refractivity contribution in [1.82, 2.24) is 0 Å². The molecule has 2 aliphatic carbocycles. The van der Waals surface area contributed by atoms with Crippen molar-refractivity contribution in [3.8, 4) is 5.75 Å². The smallest absolute Gasteiger partial charge is 0.118 e. The van der Waals surface area contributed by atoms with E-state index in [-0.39, 0.29) is 5.41 Å². The van der Waals surface area contributed by atoms with Gasteiger partial charge in [0.1, 0.15) is 5.75 Å². The zero-order chi connectivity index (χ0) is 21.0. The summed E-state index contributed by atoms with van der Waals surface area (Å²) in [5.41, 5.74) is 7.46. The van der Waals surface area contributed by atoms with Gasteiger partial charge < -0.3 is 9.84 Å². The van der Waals surface area contributed by atoms with Crippen molar-refractivity contribution in [2.24, 2.45) is 0 Å². The van der Waals surface area contributed by atoms with Crippen LogP contribution in [0.2, 0.25) is 25.2 Å². The van der Waals surface area contributed by atoms with Crippen molar-refractivity contribution in [2.45, 2.75) is 69.3 Å². The number of allylic oxidation sites excluding steroid dienone is 1. The molecule has 2 aromatic rings. The monoisotopic (exact) mass is 406 g/mol. The quantitative estimate of drug-likeness (QED) is 0.459. The van der Waals surface area contributed by atoms with Crippen molar-refractivity contribution in [1.29, 1.82) is 0 Å². The second-order valence-corrected chi connectivity index (χ2v) is 15.7. The lowest BCUT2D eigenvalue weighted by molar-refractivity contribution is 0.156. The van der Waals surface area contributed by atoms with E-state index in [9.17, 15) is 5.11 Å². The Morgan fingerprint density at radius 3 is 2.31 bits per heavy atom. The van der Waals surface area contributed by atoms with Gasteiger partial charge in [-0.05, 0) is 54.1 Å². The molecule has 29 heavy (non-hydrogen) atoms. The lowest BCUT2D eigenvalue weighted by Crippen LogP contribution is -2.45. The summed E-state index contributed by atoms with van der Waals surface area (Å²) in [5.74, 6) is 1.33. The van der Waals surface area contributed by atoms with Gasteiger partial charge in [-0.25, -0.2) is 0 Å². The third kappa shape index (κ3) is 3.29. The molecule has 0 fully saturated rings. The van der Waals surface area contributed by atoms with Gasteiger partial charge in [0, 0.05) is 19.4 Å². The van der Waals surface area contributed by atoms with Crippen LogP contribution in [0, 0.1) is 0 Å². The van der Waals surface area contributed by atoms with E-state index in [0.717, 1.165) is 24.2 Å². The van der Waals surface area contributed by atoms with Crippen molar-refractivity contribution in [3.05, 3.63) is 76.4 Å². The molecule has 1 N–H and O–H groups in total. The minimum atomic E-state index is -1.46. The number of hydrogen-bond donors (Lipinski definition) is 1. The normalized spacial score (nSPS) is 29.3. The summed E-state index contributed by atoms with van der Waals surface area (Å²) < 4.78 is 5.40. The summed E-state index contributed by atoms with van der Waals surface area (Å²) in [7, 11) is 0.267. The standard InChI is InChI=1S/C26H34O2Si/c1-17-22-15-23(27)20-9-7-8-10-21(20)26(22,2)16-24(29(4,5)6)25(17)18-11-13-19(28-3)14-12-18/h7-14,23-25,27H,15-16H2,1-6H3/t23-,24+,25+,26-/m1/s1. The van der Waals surface area contributed by atoms with Gasteiger partial charge in [-0.1, -0.05) is 74.1 Å². The van der Waals surface area contributed by atoms with Gasteiger partial charge in [0.25, 0.3) is 0 Å². The number of aliphatic hydroxyl groups is 1. The summed E-state index contributed by atoms with van der Waals surface area (Å²) in [4.78, 5) is 0. The van der Waals surface area contributed by atoms with Crippen molar-refractivity contribution >= 4 is 8.07 Å². The Hall–Kier alpha value is -1.84. The average Bonchev–Trinajstić information content (AvgIpc) is 2.69. The maximum Gasteiger partial charge on any atom is 0.118 e. The van der Waals surface area contributed by atoms with E-state index in [1.807, 2.05) is 0 Å². The van der Waals surface area contributed by atoms with Gasteiger partial charge in [0.15, 0.2) is 0 Å². The van der Waals surface area contributed by atoms with Crippen molar-refractivity contribution < 1.29 is 9.84 Å². The molecule has 154 valence electrons. The summed E-state index contributed by atoms with van der Waals surface area (Å²) >= 11 is 0. The minimum Gasteiger partial charge on any atom is -0.497 e. The molecular weight excluding hydrogens is 372 g/mol. The van der Waals surface area contributed by atoms with Crippen LogP contribution in [-0.2, 0) is 5.41 Å². The van der Waals surface area contributed by atoms with Gasteiger partial charge in [-0.2, -0.15) is 0 Å². The molecule has 0 saturated carbocycles. The van der Waals surface area contributed by atoms with Crippen LogP contribution in [0.3, 0.4) is 0 Å². The lowest BCUT2D eigenvalue weighted by atomic mass is 9.58. The predicted octanol–water partition coefficient (Wildman–Crippen LogP) is 6.60. The van der Waals surface area contributed by atoms with Crippen molar-refractivity contribution in [3.63, 3.8) is 0 Å². The zero-order valence-corrected chi connectivity index (χ0v) is 19.6. The maximum absolute atomic E-state index is 10.9. The van der Waals surface area contributed by atoms with Crippen LogP contribution in [0.15, 0.2) is 59.7 Å². The third-order valence-electron chi connectivity index (χ3n) is 7.54. The Bertz CT molecular complexity index is 938. The molecule has 0 aliphatic heterocycles. The van der Waals surface area contributed by atoms with E-state index >= 15 is 0 Å². The van der Waals surface area contributed by atoms with Crippen LogP contribution in [0.25, 0.3) is 0 Å². The van der Waals surface area contributed by atoms with E-state index < -0.39 is 14.2 Å². The molecule has 2 aromatic carbocycles. The van der Waals surface area contributed by atoms with Crippen LogP contribution < -0.4 is 4.74 Å². The highest BCUT2D eigenvalue weighted by atomic mass is 28.3. The number of methoxy groups -OCH3 is 1. The summed E-state index contributed by atoms with van der Waals surface area (Å²) in [6.45, 7) is 12.3. The van der Waals surface area contributed by atoms with E-state index in [2.05, 4.69) is 82.0 Å². The largest absolute Gasteiger partial charge is 0.497 e. The van der Waals surface area contributed by atoms with Crippen molar-refractivity contribution in [2.75, 3.05) is 7.11 Å². The fraction of sp³-hybridized carbons (Fsp3) is 0.462. The minimum absolute atomic E-state index is 0.0217. The highest BCUT2D eigenvalue weighted by Gasteiger charge is 2.50. The number of aliphatic hydroxyl groups excluding tert-OH is 1. The highest BCUT2D eigenvalue weighted by molar-refractivity contribution is 6.77. The maximum atomic E-state index is 10.9. The van der Waals surface area contributed by atoms with Crippen LogP contribution >= 0.6 is 0 Å². The fourth-order valence-corrected chi connectivity index (χ4v) is 8.42. The Labute approximate surface area is 176 Å².